The van der Waals surface area contributed by atoms with Gasteiger partial charge in [0.05, 0.1) is 0 Å². The molecule has 0 atom stereocenters. The Hall–Kier alpha value is -1.65. The fourth-order valence-corrected chi connectivity index (χ4v) is 2.36. The van der Waals surface area contributed by atoms with Gasteiger partial charge in [-0.2, -0.15) is 0 Å². The molecule has 3 rings (SSSR count). The SMILES string of the molecule is O=C(O)C1(n2cnnc2C2CC=CC2)CC1. The number of carbonyl (C=O) groups is 1. The molecule has 0 saturated heterocycles. The fraction of sp³-hybridized carbons (Fsp3) is 0.545. The maximum absolute atomic E-state index is 11.3. The van der Waals surface area contributed by atoms with Gasteiger partial charge in [-0.15, -0.1) is 10.2 Å². The number of allylic oxidation sites excluding steroid dienone is 2. The molecule has 1 saturated carbocycles. The second-order valence-electron chi connectivity index (χ2n) is 4.54. The average Bonchev–Trinajstić information content (AvgIpc) is 2.74. The smallest absolute Gasteiger partial charge is 0.329 e. The van der Waals surface area contributed by atoms with Crippen molar-refractivity contribution in [3.05, 3.63) is 24.3 Å². The summed E-state index contributed by atoms with van der Waals surface area (Å²) in [5.74, 6) is 0.365. The molecule has 0 aliphatic heterocycles. The summed E-state index contributed by atoms with van der Waals surface area (Å²) in [6.45, 7) is 0. The molecule has 0 spiro atoms. The van der Waals surface area contributed by atoms with E-state index in [1.807, 2.05) is 0 Å². The molecule has 2 aliphatic rings. The largest absolute Gasteiger partial charge is 0.479 e. The van der Waals surface area contributed by atoms with Crippen LogP contribution in [0.3, 0.4) is 0 Å². The maximum atomic E-state index is 11.3. The summed E-state index contributed by atoms with van der Waals surface area (Å²) in [6.07, 6.45) is 9.05. The van der Waals surface area contributed by atoms with E-state index in [9.17, 15) is 9.90 Å². The van der Waals surface area contributed by atoms with Crippen LogP contribution in [-0.4, -0.2) is 25.8 Å². The summed E-state index contributed by atoms with van der Waals surface area (Å²) in [5.41, 5.74) is -0.749. The highest BCUT2D eigenvalue weighted by Gasteiger charge is 2.53. The molecule has 1 heterocycles. The molecule has 2 aliphatic carbocycles. The number of carboxylic acids is 1. The Morgan fingerprint density at radius 1 is 1.44 bits per heavy atom. The van der Waals surface area contributed by atoms with Crippen molar-refractivity contribution in [1.82, 2.24) is 14.8 Å². The Morgan fingerprint density at radius 3 is 2.69 bits per heavy atom. The summed E-state index contributed by atoms with van der Waals surface area (Å²) in [5, 5.41) is 17.2. The first-order valence-electron chi connectivity index (χ1n) is 5.53. The van der Waals surface area contributed by atoms with Crippen molar-refractivity contribution in [3.63, 3.8) is 0 Å². The van der Waals surface area contributed by atoms with Crippen LogP contribution >= 0.6 is 0 Å². The molecule has 1 fully saturated rings. The molecule has 0 radical (unpaired) electrons. The molecule has 0 aromatic carbocycles. The van der Waals surface area contributed by atoms with E-state index in [-0.39, 0.29) is 0 Å². The van der Waals surface area contributed by atoms with E-state index in [4.69, 9.17) is 0 Å². The van der Waals surface area contributed by atoms with Gasteiger partial charge >= 0.3 is 5.97 Å². The number of rotatable bonds is 3. The molecule has 1 aromatic rings. The molecular weight excluding hydrogens is 206 g/mol. The van der Waals surface area contributed by atoms with Gasteiger partial charge in [0.15, 0.2) is 0 Å². The molecule has 84 valence electrons. The van der Waals surface area contributed by atoms with Gasteiger partial charge in [0.25, 0.3) is 0 Å². The van der Waals surface area contributed by atoms with E-state index in [2.05, 4.69) is 22.3 Å². The van der Waals surface area contributed by atoms with E-state index < -0.39 is 11.5 Å². The van der Waals surface area contributed by atoms with E-state index in [0.717, 1.165) is 18.7 Å². The first kappa shape index (κ1) is 9.57. The van der Waals surface area contributed by atoms with Crippen LogP contribution < -0.4 is 0 Å². The van der Waals surface area contributed by atoms with Crippen molar-refractivity contribution < 1.29 is 9.90 Å². The van der Waals surface area contributed by atoms with Gasteiger partial charge in [-0.05, 0) is 25.7 Å². The predicted molar refractivity (Wildman–Crippen MR) is 56.0 cm³/mol. The minimum Gasteiger partial charge on any atom is -0.479 e. The van der Waals surface area contributed by atoms with Gasteiger partial charge in [0.2, 0.25) is 0 Å². The van der Waals surface area contributed by atoms with Crippen LogP contribution in [0, 0.1) is 0 Å². The van der Waals surface area contributed by atoms with E-state index in [1.165, 1.54) is 0 Å². The van der Waals surface area contributed by atoms with Gasteiger partial charge in [0.1, 0.15) is 17.7 Å². The second-order valence-corrected chi connectivity index (χ2v) is 4.54. The molecule has 0 amide bonds. The third-order valence-electron chi connectivity index (χ3n) is 3.53. The van der Waals surface area contributed by atoms with Crippen molar-refractivity contribution in [2.45, 2.75) is 37.1 Å². The standard InChI is InChI=1S/C11H13N3O2/c15-10(16)11(5-6-11)14-7-12-13-9(14)8-3-1-2-4-8/h1-2,7-8H,3-6H2,(H,15,16). The quantitative estimate of drug-likeness (QED) is 0.778. The van der Waals surface area contributed by atoms with Crippen LogP contribution in [0.1, 0.15) is 37.4 Å². The van der Waals surface area contributed by atoms with Crippen LogP contribution in [0.25, 0.3) is 0 Å². The summed E-state index contributed by atoms with van der Waals surface area (Å²) in [7, 11) is 0. The monoisotopic (exact) mass is 219 g/mol. The van der Waals surface area contributed by atoms with Gasteiger partial charge in [0, 0.05) is 5.92 Å². The van der Waals surface area contributed by atoms with Crippen LogP contribution in [0.5, 0.6) is 0 Å². The van der Waals surface area contributed by atoms with E-state index >= 15 is 0 Å². The van der Waals surface area contributed by atoms with Crippen molar-refractivity contribution in [2.24, 2.45) is 0 Å². The molecule has 1 aromatic heterocycles. The van der Waals surface area contributed by atoms with E-state index in [0.29, 0.717) is 18.8 Å². The van der Waals surface area contributed by atoms with Gasteiger partial charge in [-0.3, -0.25) is 0 Å². The molecule has 5 nitrogen and oxygen atoms in total. The first-order valence-corrected chi connectivity index (χ1v) is 5.53. The van der Waals surface area contributed by atoms with E-state index in [1.54, 1.807) is 10.9 Å². The Bertz CT molecular complexity index is 452. The summed E-state index contributed by atoms with van der Waals surface area (Å²) < 4.78 is 1.77. The Balaban J connectivity index is 1.96. The summed E-state index contributed by atoms with van der Waals surface area (Å²) in [4.78, 5) is 11.3. The Morgan fingerprint density at radius 2 is 2.12 bits per heavy atom. The topological polar surface area (TPSA) is 68.0 Å². The number of aromatic nitrogens is 3. The molecule has 0 bridgehead atoms. The number of aliphatic carboxylic acids is 1. The summed E-state index contributed by atoms with van der Waals surface area (Å²) >= 11 is 0. The minimum atomic E-state index is -0.764. The lowest BCUT2D eigenvalue weighted by Crippen LogP contribution is -2.29. The number of hydrogen-bond acceptors (Lipinski definition) is 3. The number of carboxylic acid groups (broad SMARTS) is 1. The highest BCUT2D eigenvalue weighted by molar-refractivity contribution is 5.80. The fourth-order valence-electron chi connectivity index (χ4n) is 2.36. The average molecular weight is 219 g/mol. The lowest BCUT2D eigenvalue weighted by atomic mass is 10.1. The molecule has 5 heteroatoms. The van der Waals surface area contributed by atoms with Crippen molar-refractivity contribution in [2.75, 3.05) is 0 Å². The van der Waals surface area contributed by atoms with Gasteiger partial charge < -0.3 is 9.67 Å². The van der Waals surface area contributed by atoms with Crippen LogP contribution in [-0.2, 0) is 10.3 Å². The second kappa shape index (κ2) is 3.17. The lowest BCUT2D eigenvalue weighted by Gasteiger charge is -2.17. The number of hydrogen-bond donors (Lipinski definition) is 1. The Labute approximate surface area is 92.8 Å². The third-order valence-corrected chi connectivity index (χ3v) is 3.53. The van der Waals surface area contributed by atoms with Gasteiger partial charge in [-0.1, -0.05) is 12.2 Å². The first-order chi connectivity index (χ1) is 7.74. The van der Waals surface area contributed by atoms with Crippen molar-refractivity contribution in [1.29, 1.82) is 0 Å². The molecule has 16 heavy (non-hydrogen) atoms. The van der Waals surface area contributed by atoms with Crippen LogP contribution in [0.2, 0.25) is 0 Å². The molecule has 1 N–H and O–H groups in total. The Kier molecular flexibility index (Phi) is 1.89. The zero-order valence-corrected chi connectivity index (χ0v) is 8.83. The molecule has 0 unspecified atom stereocenters. The lowest BCUT2D eigenvalue weighted by molar-refractivity contribution is -0.142. The molecular formula is C11H13N3O2. The zero-order valence-electron chi connectivity index (χ0n) is 8.83. The minimum absolute atomic E-state index is 0.305. The number of nitrogens with zero attached hydrogens (tertiary/aromatic N) is 3. The maximum Gasteiger partial charge on any atom is 0.329 e. The van der Waals surface area contributed by atoms with Crippen LogP contribution in [0.15, 0.2) is 18.5 Å². The van der Waals surface area contributed by atoms with Crippen LogP contribution in [0.4, 0.5) is 0 Å². The highest BCUT2D eigenvalue weighted by atomic mass is 16.4. The third kappa shape index (κ3) is 1.20. The predicted octanol–water partition coefficient (Wildman–Crippen LogP) is 1.29. The van der Waals surface area contributed by atoms with Crippen molar-refractivity contribution in [3.8, 4) is 0 Å². The summed E-state index contributed by atoms with van der Waals surface area (Å²) in [6, 6.07) is 0. The zero-order chi connectivity index (χ0) is 11.2. The van der Waals surface area contributed by atoms with Gasteiger partial charge in [-0.25, -0.2) is 4.79 Å². The van der Waals surface area contributed by atoms with Crippen molar-refractivity contribution >= 4 is 5.97 Å². The normalized spacial score (nSPS) is 22.5. The highest BCUT2D eigenvalue weighted by Crippen LogP contribution is 2.45.